The van der Waals surface area contributed by atoms with Crippen molar-refractivity contribution in [2.45, 2.75) is 111 Å². The standard InChI is InChI=1S/C29H46O6/c1-9-28(4,5)27(31)33-24-15-18(2)14-20-11-10-19(3)23(26(20)24)13-12-21-16-22(17-25(30)32-8)35-29(6,7)34-21/h10-11,14,18-19,21-24,26H,9,12-13,15-17H2,1-8H3/t18-,19-,21+,22+,23-,24-,26-/m0/s1. The molecule has 0 aromatic carbocycles. The molecule has 0 aromatic heterocycles. The monoisotopic (exact) mass is 490 g/mol. The van der Waals surface area contributed by atoms with Crippen LogP contribution in [0.5, 0.6) is 0 Å². The van der Waals surface area contributed by atoms with Crippen LogP contribution in [0.15, 0.2) is 23.8 Å². The number of hydrogen-bond donors (Lipinski definition) is 0. The van der Waals surface area contributed by atoms with Gasteiger partial charge in [-0.3, -0.25) is 9.59 Å². The lowest BCUT2D eigenvalue weighted by Gasteiger charge is -2.45. The molecule has 0 radical (unpaired) electrons. The van der Waals surface area contributed by atoms with E-state index in [1.807, 2.05) is 34.6 Å². The van der Waals surface area contributed by atoms with Crippen molar-refractivity contribution in [2.24, 2.45) is 29.1 Å². The second-order valence-electron chi connectivity index (χ2n) is 11.9. The van der Waals surface area contributed by atoms with Crippen LogP contribution in [-0.2, 0) is 28.5 Å². The lowest BCUT2D eigenvalue weighted by atomic mass is 9.65. The van der Waals surface area contributed by atoms with Gasteiger partial charge in [-0.15, -0.1) is 0 Å². The highest BCUT2D eigenvalue weighted by Crippen LogP contribution is 2.46. The fraction of sp³-hybridized carbons (Fsp3) is 0.793. The molecule has 1 heterocycles. The molecule has 0 spiro atoms. The van der Waals surface area contributed by atoms with Crippen LogP contribution >= 0.6 is 0 Å². The van der Waals surface area contributed by atoms with Gasteiger partial charge in [0, 0.05) is 12.3 Å². The van der Waals surface area contributed by atoms with Crippen LogP contribution in [0.3, 0.4) is 0 Å². The first-order valence-corrected chi connectivity index (χ1v) is 13.4. The van der Waals surface area contributed by atoms with Gasteiger partial charge in [-0.25, -0.2) is 0 Å². The lowest BCUT2D eigenvalue weighted by molar-refractivity contribution is -0.301. The Morgan fingerprint density at radius 1 is 1.11 bits per heavy atom. The molecule has 6 nitrogen and oxygen atoms in total. The van der Waals surface area contributed by atoms with Crippen molar-refractivity contribution in [3.05, 3.63) is 23.8 Å². The fourth-order valence-electron chi connectivity index (χ4n) is 5.83. The molecule has 0 N–H and O–H groups in total. The molecule has 6 heteroatoms. The highest BCUT2D eigenvalue weighted by atomic mass is 16.7. The number of carbonyl (C=O) groups excluding carboxylic acids is 2. The average Bonchev–Trinajstić information content (AvgIpc) is 2.77. The van der Waals surface area contributed by atoms with E-state index in [2.05, 4.69) is 32.1 Å². The number of allylic oxidation sites excluding steroid dienone is 3. The van der Waals surface area contributed by atoms with E-state index in [1.165, 1.54) is 12.7 Å². The highest BCUT2D eigenvalue weighted by Gasteiger charge is 2.44. The number of ether oxygens (including phenoxy) is 4. The molecule has 0 aromatic rings. The van der Waals surface area contributed by atoms with E-state index in [9.17, 15) is 9.59 Å². The Morgan fingerprint density at radius 3 is 2.46 bits per heavy atom. The van der Waals surface area contributed by atoms with Gasteiger partial charge < -0.3 is 18.9 Å². The molecule has 3 aliphatic rings. The molecule has 1 saturated heterocycles. The molecule has 0 unspecified atom stereocenters. The van der Waals surface area contributed by atoms with E-state index < -0.39 is 11.2 Å². The second kappa shape index (κ2) is 11.2. The number of methoxy groups -OCH3 is 1. The summed E-state index contributed by atoms with van der Waals surface area (Å²) in [6.07, 6.45) is 10.9. The van der Waals surface area contributed by atoms with Crippen LogP contribution in [0.25, 0.3) is 0 Å². The van der Waals surface area contributed by atoms with Crippen molar-refractivity contribution in [1.29, 1.82) is 0 Å². The molecule has 7 atom stereocenters. The summed E-state index contributed by atoms with van der Waals surface area (Å²) >= 11 is 0. The number of rotatable bonds is 8. The summed E-state index contributed by atoms with van der Waals surface area (Å²) in [7, 11) is 1.41. The van der Waals surface area contributed by atoms with Crippen LogP contribution in [-0.4, -0.2) is 43.1 Å². The molecule has 35 heavy (non-hydrogen) atoms. The van der Waals surface area contributed by atoms with Crippen molar-refractivity contribution in [2.75, 3.05) is 7.11 Å². The molecule has 0 saturated carbocycles. The van der Waals surface area contributed by atoms with Crippen molar-refractivity contribution in [1.82, 2.24) is 0 Å². The smallest absolute Gasteiger partial charge is 0.311 e. The van der Waals surface area contributed by atoms with E-state index in [1.54, 1.807) is 0 Å². The van der Waals surface area contributed by atoms with Crippen molar-refractivity contribution >= 4 is 11.9 Å². The summed E-state index contributed by atoms with van der Waals surface area (Å²) in [6.45, 7) is 14.2. The number of carbonyl (C=O) groups is 2. The molecule has 2 aliphatic carbocycles. The summed E-state index contributed by atoms with van der Waals surface area (Å²) in [5, 5.41) is 0. The first-order valence-electron chi connectivity index (χ1n) is 13.4. The molecular weight excluding hydrogens is 444 g/mol. The number of fused-ring (bicyclic) bond motifs is 1. The Balaban J connectivity index is 1.74. The minimum Gasteiger partial charge on any atom is -0.469 e. The second-order valence-corrected chi connectivity index (χ2v) is 11.9. The summed E-state index contributed by atoms with van der Waals surface area (Å²) in [6, 6.07) is 0. The lowest BCUT2D eigenvalue weighted by Crippen LogP contribution is -2.46. The Hall–Kier alpha value is -1.66. The number of hydrogen-bond acceptors (Lipinski definition) is 6. The third kappa shape index (κ3) is 6.97. The van der Waals surface area contributed by atoms with E-state index in [0.29, 0.717) is 24.2 Å². The van der Waals surface area contributed by atoms with Gasteiger partial charge in [0.25, 0.3) is 0 Å². The number of esters is 2. The molecule has 1 aliphatic heterocycles. The highest BCUT2D eigenvalue weighted by molar-refractivity contribution is 5.76. The fourth-order valence-corrected chi connectivity index (χ4v) is 5.83. The van der Waals surface area contributed by atoms with Crippen molar-refractivity contribution < 1.29 is 28.5 Å². The predicted octanol–water partition coefficient (Wildman–Crippen LogP) is 5.99. The maximum atomic E-state index is 13.0. The van der Waals surface area contributed by atoms with E-state index in [0.717, 1.165) is 25.7 Å². The maximum Gasteiger partial charge on any atom is 0.311 e. The van der Waals surface area contributed by atoms with Crippen molar-refractivity contribution in [3.8, 4) is 0 Å². The zero-order chi connectivity index (χ0) is 26.0. The Kier molecular flexibility index (Phi) is 8.91. The Labute approximate surface area is 211 Å². The third-order valence-corrected chi connectivity index (χ3v) is 8.16. The van der Waals surface area contributed by atoms with Gasteiger partial charge in [-0.2, -0.15) is 0 Å². The van der Waals surface area contributed by atoms with Crippen molar-refractivity contribution in [3.63, 3.8) is 0 Å². The van der Waals surface area contributed by atoms with E-state index in [-0.39, 0.29) is 42.6 Å². The van der Waals surface area contributed by atoms with E-state index in [4.69, 9.17) is 18.9 Å². The van der Waals surface area contributed by atoms with Crippen LogP contribution in [0, 0.1) is 29.1 Å². The summed E-state index contributed by atoms with van der Waals surface area (Å²) in [4.78, 5) is 24.9. The zero-order valence-corrected chi connectivity index (χ0v) is 23.0. The molecule has 198 valence electrons. The Morgan fingerprint density at radius 2 is 1.80 bits per heavy atom. The Bertz CT molecular complexity index is 825. The first kappa shape index (κ1) is 27.9. The largest absolute Gasteiger partial charge is 0.469 e. The van der Waals surface area contributed by atoms with Crippen LogP contribution < -0.4 is 0 Å². The summed E-state index contributed by atoms with van der Waals surface area (Å²) in [5.74, 6) is 0.208. The van der Waals surface area contributed by atoms with Gasteiger partial charge in [0.15, 0.2) is 5.79 Å². The van der Waals surface area contributed by atoms with E-state index >= 15 is 0 Å². The maximum absolute atomic E-state index is 13.0. The molecular formula is C29H46O6. The molecule has 1 fully saturated rings. The van der Waals surface area contributed by atoms with Gasteiger partial charge in [-0.05, 0) is 76.7 Å². The van der Waals surface area contributed by atoms with Gasteiger partial charge >= 0.3 is 11.9 Å². The minimum absolute atomic E-state index is 0.00137. The molecule has 0 amide bonds. The first-order chi connectivity index (χ1) is 16.3. The summed E-state index contributed by atoms with van der Waals surface area (Å²) in [5.41, 5.74) is 0.822. The van der Waals surface area contributed by atoms with Crippen LogP contribution in [0.1, 0.15) is 87.0 Å². The predicted molar refractivity (Wildman–Crippen MR) is 135 cm³/mol. The average molecular weight is 491 g/mol. The van der Waals surface area contributed by atoms with Gasteiger partial charge in [0.05, 0.1) is 31.2 Å². The van der Waals surface area contributed by atoms with Gasteiger partial charge in [-0.1, -0.05) is 39.0 Å². The quantitative estimate of drug-likeness (QED) is 0.389. The van der Waals surface area contributed by atoms with Crippen LogP contribution in [0.2, 0.25) is 0 Å². The SMILES string of the molecule is CCC(C)(C)C(=O)O[C@H]1C[C@@H](C)C=C2C=C[C@H](C)[C@H](CC[C@@H]3C[C@H](CC(=O)OC)OC(C)(C)O3)[C@H]21. The van der Waals surface area contributed by atoms with Gasteiger partial charge in [0.2, 0.25) is 0 Å². The zero-order valence-electron chi connectivity index (χ0n) is 23.0. The topological polar surface area (TPSA) is 71.1 Å². The third-order valence-electron chi connectivity index (χ3n) is 8.16. The molecule has 3 rings (SSSR count). The van der Waals surface area contributed by atoms with Crippen LogP contribution in [0.4, 0.5) is 0 Å². The normalized spacial score (nSPS) is 34.5. The molecule has 0 bridgehead atoms. The minimum atomic E-state index is -0.741. The van der Waals surface area contributed by atoms with Gasteiger partial charge in [0.1, 0.15) is 6.10 Å². The summed E-state index contributed by atoms with van der Waals surface area (Å²) < 4.78 is 23.3.